The molecule has 0 bridgehead atoms. The standard InChI is InChI=1S/C20H25N3O8S/c1-11(2)14(24)18(31-32(28,29)10-12-6-4-3-5-7-12)17-15(25)16(26)19(30-17)23-9-8-13(21)22-20(23)27/h3-9,11,15-19,25-26H,10H2,1-2H3,(H2,21,22,27)/t15-,16+,17-,18?,19+/m0/s1. The van der Waals surface area contributed by atoms with E-state index < -0.39 is 63.9 Å². The van der Waals surface area contributed by atoms with Gasteiger partial charge in [0.05, 0.1) is 0 Å². The van der Waals surface area contributed by atoms with E-state index in [1.54, 1.807) is 30.3 Å². The fourth-order valence-electron chi connectivity index (χ4n) is 3.35. The molecule has 1 saturated heterocycles. The zero-order chi connectivity index (χ0) is 23.6. The normalized spacial score (nSPS) is 24.5. The lowest BCUT2D eigenvalue weighted by atomic mass is 9.96. The van der Waals surface area contributed by atoms with Crippen molar-refractivity contribution in [1.82, 2.24) is 9.55 Å². The van der Waals surface area contributed by atoms with Crippen LogP contribution >= 0.6 is 0 Å². The first-order chi connectivity index (χ1) is 15.0. The number of Topliss-reactive ketones (excluding diaryl/α,β-unsaturated/α-hetero) is 1. The number of anilines is 1. The van der Waals surface area contributed by atoms with E-state index in [4.69, 9.17) is 14.7 Å². The molecule has 4 N–H and O–H groups in total. The van der Waals surface area contributed by atoms with Gasteiger partial charge in [-0.25, -0.2) is 4.79 Å². The van der Waals surface area contributed by atoms with E-state index >= 15 is 0 Å². The maximum Gasteiger partial charge on any atom is 0.351 e. The summed E-state index contributed by atoms with van der Waals surface area (Å²) in [4.78, 5) is 28.5. The molecule has 5 atom stereocenters. The van der Waals surface area contributed by atoms with Gasteiger partial charge in [-0.3, -0.25) is 13.5 Å². The zero-order valence-electron chi connectivity index (χ0n) is 17.4. The molecular formula is C20H25N3O8S. The highest BCUT2D eigenvalue weighted by Gasteiger charge is 2.51. The summed E-state index contributed by atoms with van der Waals surface area (Å²) in [7, 11) is -4.28. The van der Waals surface area contributed by atoms with Crippen LogP contribution in [0, 0.1) is 5.92 Å². The monoisotopic (exact) mass is 467 g/mol. The molecule has 2 heterocycles. The van der Waals surface area contributed by atoms with E-state index in [1.165, 1.54) is 26.1 Å². The molecule has 0 aliphatic carbocycles. The third-order valence-electron chi connectivity index (χ3n) is 4.99. The van der Waals surface area contributed by atoms with E-state index in [9.17, 15) is 28.2 Å². The number of rotatable bonds is 8. The van der Waals surface area contributed by atoms with E-state index in [2.05, 4.69) is 4.98 Å². The Hall–Kier alpha value is -2.64. The van der Waals surface area contributed by atoms with Crippen molar-refractivity contribution in [1.29, 1.82) is 0 Å². The van der Waals surface area contributed by atoms with Gasteiger partial charge < -0.3 is 20.7 Å². The molecule has 0 radical (unpaired) electrons. The number of nitrogens with two attached hydrogens (primary N) is 1. The quantitative estimate of drug-likeness (QED) is 0.433. The number of ether oxygens (including phenoxy) is 1. The minimum Gasteiger partial charge on any atom is -0.387 e. The Labute approximate surface area is 184 Å². The second kappa shape index (κ2) is 9.46. The highest BCUT2D eigenvalue weighted by molar-refractivity contribution is 7.85. The van der Waals surface area contributed by atoms with E-state index in [0.29, 0.717) is 5.56 Å². The van der Waals surface area contributed by atoms with Crippen LogP contribution in [0.25, 0.3) is 0 Å². The maximum atomic E-state index is 12.8. The molecule has 0 amide bonds. The van der Waals surface area contributed by atoms with Gasteiger partial charge in [0.2, 0.25) is 0 Å². The van der Waals surface area contributed by atoms with Gasteiger partial charge in [-0.2, -0.15) is 13.4 Å². The molecule has 0 spiro atoms. The number of ketones is 1. The third kappa shape index (κ3) is 5.22. The van der Waals surface area contributed by atoms with Gasteiger partial charge in [-0.05, 0) is 11.6 Å². The summed E-state index contributed by atoms with van der Waals surface area (Å²) < 4.78 is 37.0. The second-order valence-corrected chi connectivity index (χ2v) is 9.37. The molecule has 2 aromatic rings. The molecular weight excluding hydrogens is 442 g/mol. The smallest absolute Gasteiger partial charge is 0.351 e. The van der Waals surface area contributed by atoms with Crippen molar-refractivity contribution in [3.8, 4) is 0 Å². The topological polar surface area (TPSA) is 171 Å². The van der Waals surface area contributed by atoms with Gasteiger partial charge in [0.15, 0.2) is 18.1 Å². The summed E-state index contributed by atoms with van der Waals surface area (Å²) in [5, 5.41) is 21.0. The van der Waals surface area contributed by atoms with E-state index in [1.807, 2.05) is 0 Å². The molecule has 1 aromatic carbocycles. The fraction of sp³-hybridized carbons (Fsp3) is 0.450. The first-order valence-corrected chi connectivity index (χ1v) is 11.4. The first-order valence-electron chi connectivity index (χ1n) is 9.85. The van der Waals surface area contributed by atoms with Crippen molar-refractivity contribution in [2.75, 3.05) is 5.73 Å². The highest BCUT2D eigenvalue weighted by Crippen LogP contribution is 2.33. The van der Waals surface area contributed by atoms with E-state index in [0.717, 1.165) is 4.57 Å². The summed E-state index contributed by atoms with van der Waals surface area (Å²) in [5.74, 6) is -1.88. The molecule has 12 heteroatoms. The van der Waals surface area contributed by atoms with Crippen LogP contribution in [-0.2, 0) is 29.6 Å². The Morgan fingerprint density at radius 3 is 2.47 bits per heavy atom. The Balaban J connectivity index is 1.90. The lowest BCUT2D eigenvalue weighted by Gasteiger charge is -2.25. The first kappa shape index (κ1) is 24.0. The van der Waals surface area contributed by atoms with Crippen LogP contribution in [0.3, 0.4) is 0 Å². The van der Waals surface area contributed by atoms with Crippen LogP contribution in [0.2, 0.25) is 0 Å². The van der Waals surface area contributed by atoms with Crippen molar-refractivity contribution in [3.63, 3.8) is 0 Å². The molecule has 1 aliphatic heterocycles. The zero-order valence-corrected chi connectivity index (χ0v) is 18.3. The Bertz CT molecular complexity index is 1120. The highest BCUT2D eigenvalue weighted by atomic mass is 32.2. The molecule has 3 rings (SSSR count). The van der Waals surface area contributed by atoms with Gasteiger partial charge in [-0.15, -0.1) is 0 Å². The van der Waals surface area contributed by atoms with Crippen LogP contribution in [0.1, 0.15) is 25.6 Å². The van der Waals surface area contributed by atoms with Crippen LogP contribution < -0.4 is 11.4 Å². The number of aliphatic hydroxyl groups is 2. The summed E-state index contributed by atoms with van der Waals surface area (Å²) in [6.45, 7) is 3.07. The number of carbonyl (C=O) groups excluding carboxylic acids is 1. The van der Waals surface area contributed by atoms with Gasteiger partial charge in [0.1, 0.15) is 29.9 Å². The molecule has 174 valence electrons. The Kier molecular flexibility index (Phi) is 7.10. The number of aromatic nitrogens is 2. The molecule has 1 aromatic heterocycles. The lowest BCUT2D eigenvalue weighted by molar-refractivity contribution is -0.141. The number of carbonyl (C=O) groups is 1. The average Bonchev–Trinajstić information content (AvgIpc) is 3.01. The average molecular weight is 468 g/mol. The second-order valence-electron chi connectivity index (χ2n) is 7.78. The number of benzene rings is 1. The molecule has 32 heavy (non-hydrogen) atoms. The van der Waals surface area contributed by atoms with Crippen LogP contribution in [-0.4, -0.2) is 58.4 Å². The SMILES string of the molecule is CC(C)C(=O)C(OS(=O)(=O)Cc1ccccc1)[C@H]1O[C@@H](n2ccc(N)nc2=O)[C@H](O)[C@@H]1O. The number of aliphatic hydroxyl groups excluding tert-OH is 2. The molecule has 0 saturated carbocycles. The predicted molar refractivity (Wildman–Crippen MR) is 113 cm³/mol. The van der Waals surface area contributed by atoms with Gasteiger partial charge in [0, 0.05) is 12.1 Å². The van der Waals surface area contributed by atoms with Crippen LogP contribution in [0.15, 0.2) is 47.4 Å². The molecule has 1 aliphatic rings. The number of hydrogen-bond acceptors (Lipinski definition) is 10. The summed E-state index contributed by atoms with van der Waals surface area (Å²) in [6, 6.07) is 9.49. The molecule has 1 fully saturated rings. The van der Waals surface area contributed by atoms with Crippen LogP contribution in [0.4, 0.5) is 5.82 Å². The number of nitrogens with zero attached hydrogens (tertiary/aromatic N) is 2. The van der Waals surface area contributed by atoms with Crippen molar-refractivity contribution >= 4 is 21.7 Å². The minimum absolute atomic E-state index is 0.0564. The summed E-state index contributed by atoms with van der Waals surface area (Å²) in [5.41, 5.74) is 5.04. The van der Waals surface area contributed by atoms with Crippen molar-refractivity contribution in [2.24, 2.45) is 5.92 Å². The number of hydrogen-bond donors (Lipinski definition) is 3. The summed E-state index contributed by atoms with van der Waals surface area (Å²) >= 11 is 0. The molecule has 1 unspecified atom stereocenters. The number of nitrogen functional groups attached to an aromatic ring is 1. The Morgan fingerprint density at radius 2 is 1.88 bits per heavy atom. The minimum atomic E-state index is -4.28. The van der Waals surface area contributed by atoms with Gasteiger partial charge in [-0.1, -0.05) is 44.2 Å². The van der Waals surface area contributed by atoms with Crippen molar-refractivity contribution < 1.29 is 32.3 Å². The predicted octanol–water partition coefficient (Wildman–Crippen LogP) is -0.415. The van der Waals surface area contributed by atoms with Gasteiger partial charge >= 0.3 is 5.69 Å². The Morgan fingerprint density at radius 1 is 1.22 bits per heavy atom. The van der Waals surface area contributed by atoms with Crippen molar-refractivity contribution in [2.45, 2.75) is 50.2 Å². The summed E-state index contributed by atoms with van der Waals surface area (Å²) in [6.07, 6.45) is -6.90. The maximum absolute atomic E-state index is 12.8. The molecule has 11 nitrogen and oxygen atoms in total. The van der Waals surface area contributed by atoms with Crippen molar-refractivity contribution in [3.05, 3.63) is 58.6 Å². The fourth-order valence-corrected chi connectivity index (χ4v) is 4.54. The van der Waals surface area contributed by atoms with Gasteiger partial charge in [0.25, 0.3) is 10.1 Å². The lowest BCUT2D eigenvalue weighted by Crippen LogP contribution is -2.47. The largest absolute Gasteiger partial charge is 0.387 e. The third-order valence-corrected chi connectivity index (χ3v) is 6.17. The van der Waals surface area contributed by atoms with Crippen LogP contribution in [0.5, 0.6) is 0 Å². The van der Waals surface area contributed by atoms with E-state index in [-0.39, 0.29) is 5.82 Å².